The minimum absolute atomic E-state index is 0.0586. The molecule has 0 aliphatic heterocycles. The maximum atomic E-state index is 13.3. The van der Waals surface area contributed by atoms with Gasteiger partial charge in [-0.15, -0.1) is 0 Å². The Labute approximate surface area is 181 Å². The molecule has 0 aromatic heterocycles. The molecule has 0 N–H and O–H groups in total. The molecule has 0 spiro atoms. The molecule has 0 fully saturated rings. The van der Waals surface area contributed by atoms with Gasteiger partial charge in [0.05, 0.1) is 0 Å². The zero-order chi connectivity index (χ0) is 21.3. The molecule has 0 bridgehead atoms. The molecular formula is C25H50O2Sn. The number of ether oxygens (including phenoxy) is 1. The van der Waals surface area contributed by atoms with Gasteiger partial charge in [0.2, 0.25) is 0 Å². The zero-order valence-corrected chi connectivity index (χ0v) is 22.9. The molecule has 166 valence electrons. The van der Waals surface area contributed by atoms with E-state index in [0.29, 0.717) is 12.5 Å². The molecule has 0 heterocycles. The number of hydrogen-bond acceptors (Lipinski definition) is 2. The van der Waals surface area contributed by atoms with Crippen LogP contribution in [-0.4, -0.2) is 31.0 Å². The topological polar surface area (TPSA) is 26.3 Å². The number of hydrogen-bond donors (Lipinski definition) is 0. The fourth-order valence-corrected chi connectivity index (χ4v) is 20.3. The Hall–Kier alpha value is 0.00870. The molecule has 0 aliphatic carbocycles. The fraction of sp³-hybridized carbons (Fsp3) is 0.880. The molecule has 0 aliphatic rings. The molecule has 0 aromatic carbocycles. The van der Waals surface area contributed by atoms with E-state index in [1.54, 1.807) is 0 Å². The summed E-state index contributed by atoms with van der Waals surface area (Å²) in [6.07, 6.45) is 16.1. The molecular weight excluding hydrogens is 451 g/mol. The predicted octanol–water partition coefficient (Wildman–Crippen LogP) is 8.47. The van der Waals surface area contributed by atoms with Crippen LogP contribution >= 0.6 is 0 Å². The van der Waals surface area contributed by atoms with Gasteiger partial charge in [-0.05, 0) is 0 Å². The van der Waals surface area contributed by atoms with Crippen molar-refractivity contribution in [2.75, 3.05) is 6.61 Å². The van der Waals surface area contributed by atoms with E-state index in [1.165, 1.54) is 81.1 Å². The second kappa shape index (κ2) is 17.8. The summed E-state index contributed by atoms with van der Waals surface area (Å²) in [6, 6.07) is 0. The van der Waals surface area contributed by atoms with Gasteiger partial charge in [0.25, 0.3) is 0 Å². The van der Waals surface area contributed by atoms with Gasteiger partial charge in [-0.25, -0.2) is 0 Å². The van der Waals surface area contributed by atoms with E-state index in [2.05, 4.69) is 47.6 Å². The van der Waals surface area contributed by atoms with Gasteiger partial charge in [0.1, 0.15) is 0 Å². The molecule has 0 saturated carbocycles. The van der Waals surface area contributed by atoms with Crippen LogP contribution in [0, 0.1) is 5.92 Å². The molecule has 3 heteroatoms. The molecule has 0 saturated heterocycles. The number of carbonyl (C=O) groups excluding carboxylic acids is 1. The quantitative estimate of drug-likeness (QED) is 0.0815. The Kier molecular flexibility index (Phi) is 17.8. The van der Waals surface area contributed by atoms with Crippen LogP contribution in [0.2, 0.25) is 13.3 Å². The van der Waals surface area contributed by atoms with E-state index in [-0.39, 0.29) is 5.97 Å². The van der Waals surface area contributed by atoms with Crippen LogP contribution in [0.15, 0.2) is 9.67 Å². The molecule has 0 radical (unpaired) electrons. The van der Waals surface area contributed by atoms with Crippen molar-refractivity contribution in [2.24, 2.45) is 5.92 Å². The number of unbranched alkanes of at least 4 members (excludes halogenated alkanes) is 7. The van der Waals surface area contributed by atoms with Gasteiger partial charge < -0.3 is 0 Å². The summed E-state index contributed by atoms with van der Waals surface area (Å²) in [5, 5.41) is 0. The van der Waals surface area contributed by atoms with Gasteiger partial charge in [0.15, 0.2) is 0 Å². The Balaban J connectivity index is 5.69. The Morgan fingerprint density at radius 1 is 0.786 bits per heavy atom. The Morgan fingerprint density at radius 3 is 1.71 bits per heavy atom. The summed E-state index contributed by atoms with van der Waals surface area (Å²) in [5.41, 5.74) is 0. The van der Waals surface area contributed by atoms with Crippen LogP contribution in [0.3, 0.4) is 0 Å². The maximum absolute atomic E-state index is 13.3. The van der Waals surface area contributed by atoms with Gasteiger partial charge >= 0.3 is 182 Å². The van der Waals surface area contributed by atoms with E-state index >= 15 is 0 Å². The van der Waals surface area contributed by atoms with Crippen molar-refractivity contribution >= 4 is 24.3 Å². The van der Waals surface area contributed by atoms with Gasteiger partial charge in [-0.3, -0.25) is 0 Å². The number of esters is 1. The van der Waals surface area contributed by atoms with E-state index in [9.17, 15) is 4.79 Å². The van der Waals surface area contributed by atoms with Crippen molar-refractivity contribution in [3.05, 3.63) is 9.67 Å². The molecule has 0 amide bonds. The van der Waals surface area contributed by atoms with E-state index in [1.807, 2.05) is 0 Å². The first-order valence-corrected chi connectivity index (χ1v) is 19.8. The third kappa shape index (κ3) is 11.9. The first-order chi connectivity index (χ1) is 13.5. The van der Waals surface area contributed by atoms with Gasteiger partial charge in [-0.1, -0.05) is 0 Å². The monoisotopic (exact) mass is 502 g/mol. The standard InChI is InChI=1S/C13H23O2.3C4H9.Sn/c1-4-5-6-7-8-9-10-13(14)15-11-12(2)3;3*1-3-4-2;/h9,12H,4-8,11H2,1-3H3;3*1,3-4H2,2H3;. The average molecular weight is 501 g/mol. The molecule has 0 rings (SSSR count). The fourth-order valence-electron chi connectivity index (χ4n) is 3.98. The summed E-state index contributed by atoms with van der Waals surface area (Å²) in [7, 11) is 0. The summed E-state index contributed by atoms with van der Waals surface area (Å²) >= 11 is -2.74. The van der Waals surface area contributed by atoms with E-state index in [4.69, 9.17) is 4.74 Å². The summed E-state index contributed by atoms with van der Waals surface area (Å²) in [6.45, 7) is 14.0. The Morgan fingerprint density at radius 2 is 1.29 bits per heavy atom. The van der Waals surface area contributed by atoms with Crippen LogP contribution in [-0.2, 0) is 9.53 Å². The molecule has 0 unspecified atom stereocenters. The second-order valence-electron chi connectivity index (χ2n) is 9.05. The van der Waals surface area contributed by atoms with E-state index < -0.39 is 18.4 Å². The van der Waals surface area contributed by atoms with Crippen molar-refractivity contribution in [3.8, 4) is 0 Å². The van der Waals surface area contributed by atoms with Crippen LogP contribution in [0.5, 0.6) is 0 Å². The van der Waals surface area contributed by atoms with Crippen LogP contribution in [0.4, 0.5) is 0 Å². The third-order valence-electron chi connectivity index (χ3n) is 5.77. The van der Waals surface area contributed by atoms with Crippen LogP contribution in [0.1, 0.15) is 112 Å². The minimum atomic E-state index is -2.74. The van der Waals surface area contributed by atoms with Crippen LogP contribution < -0.4 is 0 Å². The SMILES string of the molecule is CCCCCC/C=[C](\C(=O)OCC(C)C)[Sn]([CH2]CCC)([CH2]CCC)[CH2]CCC. The normalized spacial score (nSPS) is 12.6. The number of rotatable bonds is 18. The first kappa shape index (κ1) is 28.0. The van der Waals surface area contributed by atoms with Crippen molar-refractivity contribution in [3.63, 3.8) is 0 Å². The Bertz CT molecular complexity index is 393. The predicted molar refractivity (Wildman–Crippen MR) is 128 cm³/mol. The van der Waals surface area contributed by atoms with Gasteiger partial charge in [0, 0.05) is 0 Å². The van der Waals surface area contributed by atoms with Crippen molar-refractivity contribution in [2.45, 2.75) is 125 Å². The molecule has 0 atom stereocenters. The third-order valence-corrected chi connectivity index (χ3v) is 21.4. The first-order valence-electron chi connectivity index (χ1n) is 12.3. The van der Waals surface area contributed by atoms with E-state index in [0.717, 1.165) is 6.42 Å². The van der Waals surface area contributed by atoms with Crippen LogP contribution in [0.25, 0.3) is 0 Å². The number of allylic oxidation sites excluding steroid dienone is 1. The van der Waals surface area contributed by atoms with Gasteiger partial charge in [-0.2, -0.15) is 0 Å². The zero-order valence-electron chi connectivity index (χ0n) is 20.1. The average Bonchev–Trinajstić information content (AvgIpc) is 2.69. The molecule has 0 aromatic rings. The van der Waals surface area contributed by atoms with Crippen molar-refractivity contribution in [1.82, 2.24) is 0 Å². The molecule has 2 nitrogen and oxygen atoms in total. The molecule has 28 heavy (non-hydrogen) atoms. The summed E-state index contributed by atoms with van der Waals surface area (Å²) < 4.78 is 11.1. The summed E-state index contributed by atoms with van der Waals surface area (Å²) in [4.78, 5) is 13.3. The van der Waals surface area contributed by atoms with Crippen molar-refractivity contribution in [1.29, 1.82) is 0 Å². The summed E-state index contributed by atoms with van der Waals surface area (Å²) in [5.74, 6) is 0.463. The van der Waals surface area contributed by atoms with Crippen molar-refractivity contribution < 1.29 is 9.53 Å². The number of carbonyl (C=O) groups is 1. The second-order valence-corrected chi connectivity index (χ2v) is 22.2.